The van der Waals surface area contributed by atoms with E-state index in [0.29, 0.717) is 31.9 Å². The van der Waals surface area contributed by atoms with E-state index >= 15 is 0 Å². The first-order chi connectivity index (χ1) is 22.0. The number of rotatable bonds is 3. The molecule has 1 saturated carbocycles. The number of ether oxygens (including phenoxy) is 2. The minimum atomic E-state index is -3.96. The van der Waals surface area contributed by atoms with E-state index in [1.807, 2.05) is 25.1 Å². The van der Waals surface area contributed by atoms with Crippen molar-refractivity contribution in [2.45, 2.75) is 69.1 Å². The summed E-state index contributed by atoms with van der Waals surface area (Å²) >= 11 is 6.42. The number of sulfonamides is 1. The van der Waals surface area contributed by atoms with Gasteiger partial charge in [-0.1, -0.05) is 36.7 Å². The van der Waals surface area contributed by atoms with E-state index in [-0.39, 0.29) is 47.4 Å². The van der Waals surface area contributed by atoms with E-state index in [0.717, 1.165) is 42.8 Å². The van der Waals surface area contributed by atoms with Crippen LogP contribution in [0.3, 0.4) is 0 Å². The molecule has 0 radical (unpaired) electrons. The van der Waals surface area contributed by atoms with Crippen LogP contribution in [0.2, 0.25) is 5.02 Å². The van der Waals surface area contributed by atoms with Crippen LogP contribution in [0.25, 0.3) is 0 Å². The molecule has 2 aromatic carbocycles. The highest BCUT2D eigenvalue weighted by molar-refractivity contribution is 7.90. The second-order valence-electron chi connectivity index (χ2n) is 13.6. The Labute approximate surface area is 277 Å². The van der Waals surface area contributed by atoms with E-state index in [9.17, 15) is 18.0 Å². The molecule has 1 fully saturated rings. The Balaban J connectivity index is 1.41. The van der Waals surface area contributed by atoms with Crippen LogP contribution in [-0.2, 0) is 31.4 Å². The number of benzene rings is 2. The number of allylic oxidation sites excluding steroid dienone is 1. The maximum atomic E-state index is 13.4. The zero-order valence-electron chi connectivity index (χ0n) is 26.8. The highest BCUT2D eigenvalue weighted by atomic mass is 35.5. The van der Waals surface area contributed by atoms with Gasteiger partial charge in [0, 0.05) is 36.1 Å². The molecule has 0 aromatic heterocycles. The number of amides is 2. The molecular weight excluding hydrogens is 626 g/mol. The quantitative estimate of drug-likeness (QED) is 0.442. The average Bonchev–Trinajstić information content (AvgIpc) is 3.17. The summed E-state index contributed by atoms with van der Waals surface area (Å²) in [5.74, 6) is 0.0281. The number of hydrogen-bond donors (Lipinski definition) is 2. The van der Waals surface area contributed by atoms with Gasteiger partial charge in [-0.2, -0.15) is 0 Å². The normalized spacial score (nSPS) is 30.6. The summed E-state index contributed by atoms with van der Waals surface area (Å²) in [6.45, 7) is 5.30. The molecule has 2 aliphatic heterocycles. The van der Waals surface area contributed by atoms with Crippen LogP contribution in [0.15, 0.2) is 48.6 Å². The van der Waals surface area contributed by atoms with Gasteiger partial charge < -0.3 is 19.7 Å². The summed E-state index contributed by atoms with van der Waals surface area (Å²) in [5, 5.41) is 2.55. The minimum absolute atomic E-state index is 0.0483. The third-order valence-electron chi connectivity index (χ3n) is 10.7. The van der Waals surface area contributed by atoms with Crippen molar-refractivity contribution in [3.63, 3.8) is 0 Å². The molecule has 11 heteroatoms. The topological polar surface area (TPSA) is 114 Å². The molecule has 248 valence electrons. The maximum absolute atomic E-state index is 13.4. The highest BCUT2D eigenvalue weighted by Crippen LogP contribution is 2.47. The van der Waals surface area contributed by atoms with Crippen molar-refractivity contribution in [3.05, 3.63) is 70.3 Å². The van der Waals surface area contributed by atoms with Crippen LogP contribution < -0.4 is 19.7 Å². The van der Waals surface area contributed by atoms with Crippen LogP contribution in [0.5, 0.6) is 5.75 Å². The highest BCUT2D eigenvalue weighted by Gasteiger charge is 2.44. The van der Waals surface area contributed by atoms with E-state index < -0.39 is 21.2 Å². The number of halogens is 1. The molecular formula is C35H44ClN3O6S. The first kappa shape index (κ1) is 32.8. The van der Waals surface area contributed by atoms with Gasteiger partial charge in [0.05, 0.1) is 23.6 Å². The van der Waals surface area contributed by atoms with Crippen molar-refractivity contribution in [2.24, 2.45) is 17.8 Å². The summed E-state index contributed by atoms with van der Waals surface area (Å²) in [7, 11) is -2.36. The Bertz CT molecular complexity index is 1630. The fourth-order valence-electron chi connectivity index (χ4n) is 7.56. The predicted octanol–water partition coefficient (Wildman–Crippen LogP) is 5.01. The van der Waals surface area contributed by atoms with Gasteiger partial charge in [-0.25, -0.2) is 13.1 Å². The zero-order chi connectivity index (χ0) is 32.6. The number of anilines is 1. The molecule has 0 saturated heterocycles. The third kappa shape index (κ3) is 6.53. The number of likely N-dealkylation sites (N-methyl/N-ethyl adjacent to an activating group) is 1. The van der Waals surface area contributed by atoms with Crippen molar-refractivity contribution >= 4 is 39.1 Å². The Hall–Kier alpha value is -3.08. The lowest BCUT2D eigenvalue weighted by Crippen LogP contribution is -2.50. The molecule has 2 aromatic rings. The summed E-state index contributed by atoms with van der Waals surface area (Å²) in [5.41, 5.74) is 3.25. The lowest BCUT2D eigenvalue weighted by atomic mass is 9.68. The molecule has 2 amide bonds. The van der Waals surface area contributed by atoms with Crippen LogP contribution in [0.4, 0.5) is 5.69 Å². The van der Waals surface area contributed by atoms with Gasteiger partial charge in [0.25, 0.3) is 5.91 Å². The van der Waals surface area contributed by atoms with E-state index in [1.54, 1.807) is 32.2 Å². The monoisotopic (exact) mass is 669 g/mol. The van der Waals surface area contributed by atoms with Crippen LogP contribution in [0.1, 0.15) is 67.4 Å². The van der Waals surface area contributed by atoms with Crippen LogP contribution in [0, 0.1) is 17.8 Å². The average molecular weight is 670 g/mol. The maximum Gasteiger partial charge on any atom is 0.264 e. The van der Waals surface area contributed by atoms with Crippen LogP contribution in [-0.4, -0.2) is 64.9 Å². The second-order valence-corrected chi connectivity index (χ2v) is 16.0. The predicted molar refractivity (Wildman–Crippen MR) is 179 cm³/mol. The van der Waals surface area contributed by atoms with Crippen molar-refractivity contribution in [1.29, 1.82) is 0 Å². The van der Waals surface area contributed by atoms with E-state index in [4.69, 9.17) is 21.1 Å². The molecule has 2 heterocycles. The lowest BCUT2D eigenvalue weighted by molar-refractivity contribution is -0.128. The van der Waals surface area contributed by atoms with E-state index in [2.05, 4.69) is 27.1 Å². The first-order valence-electron chi connectivity index (χ1n) is 16.4. The molecule has 46 heavy (non-hydrogen) atoms. The van der Waals surface area contributed by atoms with Gasteiger partial charge >= 0.3 is 0 Å². The molecule has 6 atom stereocenters. The Morgan fingerprint density at radius 2 is 2.02 bits per heavy atom. The van der Waals surface area contributed by atoms with Gasteiger partial charge in [0.15, 0.2) is 0 Å². The SMILES string of the molecule is CNC(=O)CO[C@H]1C=CCC(C)[C@@H](C)S(=O)(=O)NC(=O)c2ccc3c(c2)N(C[C@@H]2CC[C@H]21)C[C@@]1(CCCc2cc(Cl)ccc21)CO3. The number of carbonyl (C=O) groups is 2. The summed E-state index contributed by atoms with van der Waals surface area (Å²) in [4.78, 5) is 27.9. The first-order valence-corrected chi connectivity index (χ1v) is 18.3. The third-order valence-corrected chi connectivity index (χ3v) is 12.8. The molecule has 2 N–H and O–H groups in total. The van der Waals surface area contributed by atoms with Crippen LogP contribution >= 0.6 is 11.6 Å². The number of fused-ring (bicyclic) bond motifs is 4. The lowest BCUT2D eigenvalue weighted by Gasteiger charge is -2.46. The minimum Gasteiger partial charge on any atom is -0.490 e. The Morgan fingerprint density at radius 3 is 2.78 bits per heavy atom. The molecule has 1 unspecified atom stereocenters. The van der Waals surface area contributed by atoms with Crippen molar-refractivity contribution < 1.29 is 27.5 Å². The van der Waals surface area contributed by atoms with Crippen molar-refractivity contribution in [1.82, 2.24) is 10.0 Å². The fourth-order valence-corrected chi connectivity index (χ4v) is 9.04. The number of hydrogen-bond acceptors (Lipinski definition) is 7. The Kier molecular flexibility index (Phi) is 9.43. The number of nitrogens with one attached hydrogen (secondary N) is 2. The second kappa shape index (κ2) is 13.2. The molecule has 9 nitrogen and oxygen atoms in total. The zero-order valence-corrected chi connectivity index (χ0v) is 28.3. The number of carbonyl (C=O) groups excluding carboxylic acids is 2. The number of nitrogens with zero attached hydrogens (tertiary/aromatic N) is 1. The molecule has 2 aliphatic carbocycles. The standard InChI is InChI=1S/C35H44ClN3O6S/c1-22-6-4-8-31(44-19-33(40)37-3)28-12-9-26(28)18-39-20-35(15-5-7-24-16-27(36)11-13-29(24)35)21-45-32-14-10-25(17-30(32)39)34(41)38-46(42,43)23(22)2/h4,8,10-11,13-14,16-17,22-23,26,28,31H,5-7,9,12,15,18-21H2,1-3H3,(H,37,40)(H,38,41)/t22?,23-,26+,28-,31+,35+/m1/s1. The smallest absolute Gasteiger partial charge is 0.264 e. The van der Waals surface area contributed by atoms with Crippen molar-refractivity contribution in [3.8, 4) is 5.75 Å². The van der Waals surface area contributed by atoms with E-state index in [1.165, 1.54) is 11.1 Å². The van der Waals surface area contributed by atoms with Gasteiger partial charge in [-0.3, -0.25) is 9.59 Å². The van der Waals surface area contributed by atoms with Gasteiger partial charge in [0.2, 0.25) is 15.9 Å². The fraction of sp³-hybridized carbons (Fsp3) is 0.543. The molecule has 4 aliphatic rings. The summed E-state index contributed by atoms with van der Waals surface area (Å²) in [6, 6.07) is 11.4. The molecule has 1 spiro atoms. The van der Waals surface area contributed by atoms with Gasteiger partial charge in [-0.15, -0.1) is 0 Å². The largest absolute Gasteiger partial charge is 0.490 e. The summed E-state index contributed by atoms with van der Waals surface area (Å²) in [6.07, 6.45) is 9.05. The van der Waals surface area contributed by atoms with Crippen molar-refractivity contribution in [2.75, 3.05) is 38.3 Å². The van der Waals surface area contributed by atoms with Gasteiger partial charge in [0.1, 0.15) is 12.4 Å². The molecule has 6 rings (SSSR count). The van der Waals surface area contributed by atoms with Gasteiger partial charge in [-0.05, 0) is 105 Å². The molecule has 2 bridgehead atoms. The summed E-state index contributed by atoms with van der Waals surface area (Å²) < 4.78 is 41.7. The Morgan fingerprint density at radius 1 is 1.20 bits per heavy atom. The number of aryl methyl sites for hydroxylation is 1.